The third-order valence-electron chi connectivity index (χ3n) is 4.53. The van der Waals surface area contributed by atoms with Crippen molar-refractivity contribution >= 4 is 21.4 Å². The van der Waals surface area contributed by atoms with Crippen LogP contribution in [0.3, 0.4) is 0 Å². The van der Waals surface area contributed by atoms with E-state index in [4.69, 9.17) is 0 Å². The Kier molecular flexibility index (Phi) is 3.47. The fourth-order valence-electron chi connectivity index (χ4n) is 3.03. The minimum atomic E-state index is -3.21. The number of nitrogens with one attached hydrogen (secondary N) is 1. The molecule has 1 N–H and O–H groups in total. The number of sulfone groups is 1. The van der Waals surface area contributed by atoms with Gasteiger partial charge in [-0.25, -0.2) is 17.9 Å². The number of aromatic nitrogens is 3. The van der Waals surface area contributed by atoms with Crippen LogP contribution in [0.15, 0.2) is 12.1 Å². The van der Waals surface area contributed by atoms with Crippen molar-refractivity contribution in [3.05, 3.63) is 29.2 Å². The van der Waals surface area contributed by atoms with Gasteiger partial charge in [-0.15, -0.1) is 0 Å². The van der Waals surface area contributed by atoms with Gasteiger partial charge in [-0.1, -0.05) is 0 Å². The molecule has 0 saturated heterocycles. The summed E-state index contributed by atoms with van der Waals surface area (Å²) < 4.78 is 24.6. The van der Waals surface area contributed by atoms with Crippen molar-refractivity contribution < 1.29 is 13.2 Å². The fraction of sp³-hybridized carbons (Fsp3) is 0.533. The van der Waals surface area contributed by atoms with Gasteiger partial charge in [0.05, 0.1) is 10.4 Å². The summed E-state index contributed by atoms with van der Waals surface area (Å²) in [5.74, 6) is -0.342. The average Bonchev–Trinajstić information content (AvgIpc) is 3.16. The summed E-state index contributed by atoms with van der Waals surface area (Å²) in [4.78, 5) is 17.0. The van der Waals surface area contributed by atoms with E-state index < -0.39 is 20.6 Å². The second-order valence-corrected chi connectivity index (χ2v) is 8.73. The first kappa shape index (κ1) is 15.9. The van der Waals surface area contributed by atoms with Crippen molar-refractivity contribution in [2.45, 2.75) is 44.4 Å². The molecule has 23 heavy (non-hydrogen) atoms. The summed E-state index contributed by atoms with van der Waals surface area (Å²) in [6, 6.07) is 3.00. The second kappa shape index (κ2) is 5.02. The lowest BCUT2D eigenvalue weighted by molar-refractivity contribution is 0.0930. The zero-order valence-electron chi connectivity index (χ0n) is 13.6. The molecule has 1 aliphatic rings. The van der Waals surface area contributed by atoms with E-state index in [2.05, 4.69) is 15.4 Å². The van der Waals surface area contributed by atoms with Gasteiger partial charge in [0.1, 0.15) is 5.69 Å². The zero-order valence-corrected chi connectivity index (χ0v) is 14.4. The molecule has 124 valence electrons. The maximum absolute atomic E-state index is 12.6. The maximum Gasteiger partial charge on any atom is 0.270 e. The van der Waals surface area contributed by atoms with E-state index in [0.717, 1.165) is 5.69 Å². The van der Waals surface area contributed by atoms with Crippen molar-refractivity contribution in [3.63, 3.8) is 0 Å². The van der Waals surface area contributed by atoms with E-state index in [-0.39, 0.29) is 5.91 Å². The van der Waals surface area contributed by atoms with E-state index in [9.17, 15) is 13.2 Å². The summed E-state index contributed by atoms with van der Waals surface area (Å²) in [5.41, 5.74) is 2.43. The highest BCUT2D eigenvalue weighted by molar-refractivity contribution is 7.92. The monoisotopic (exact) mass is 336 g/mol. The Bertz CT molecular complexity index is 897. The topological polar surface area (TPSA) is 93.4 Å². The van der Waals surface area contributed by atoms with E-state index in [0.29, 0.717) is 29.9 Å². The molecule has 8 heteroatoms. The average molecular weight is 336 g/mol. The van der Waals surface area contributed by atoms with E-state index in [1.165, 1.54) is 10.8 Å². The van der Waals surface area contributed by atoms with Crippen LogP contribution < -0.4 is 5.32 Å². The van der Waals surface area contributed by atoms with Crippen molar-refractivity contribution in [3.8, 4) is 0 Å². The quantitative estimate of drug-likeness (QED) is 0.900. The standard InChI is InChI=1S/C15H20N4O3S/c1-9-7-12(19-13(16-9)8-10(2)18-19)14(20)17-11(3)15(5-6-15)23(4,21)22/h7-8,11H,5-6H2,1-4H3,(H,17,20). The smallest absolute Gasteiger partial charge is 0.270 e. The van der Waals surface area contributed by atoms with Gasteiger partial charge < -0.3 is 5.32 Å². The van der Waals surface area contributed by atoms with Gasteiger partial charge in [0.2, 0.25) is 0 Å². The number of carbonyl (C=O) groups is 1. The summed E-state index contributed by atoms with van der Waals surface area (Å²) in [6.07, 6.45) is 2.40. The van der Waals surface area contributed by atoms with Crippen LogP contribution in [-0.4, -0.2) is 46.0 Å². The Balaban J connectivity index is 1.93. The highest BCUT2D eigenvalue weighted by atomic mass is 32.2. The zero-order chi connectivity index (χ0) is 17.0. The number of amides is 1. The first-order valence-electron chi connectivity index (χ1n) is 7.48. The number of nitrogens with zero attached hydrogens (tertiary/aromatic N) is 3. The Morgan fingerprint density at radius 2 is 1.96 bits per heavy atom. The van der Waals surface area contributed by atoms with Gasteiger partial charge in [0.25, 0.3) is 5.91 Å². The third-order valence-corrected chi connectivity index (χ3v) is 6.77. The van der Waals surface area contributed by atoms with Gasteiger partial charge in [-0.3, -0.25) is 4.79 Å². The van der Waals surface area contributed by atoms with Crippen LogP contribution in [-0.2, 0) is 9.84 Å². The predicted molar refractivity (Wildman–Crippen MR) is 86.2 cm³/mol. The van der Waals surface area contributed by atoms with Crippen LogP contribution in [0.5, 0.6) is 0 Å². The highest BCUT2D eigenvalue weighted by Crippen LogP contribution is 2.46. The van der Waals surface area contributed by atoms with Gasteiger partial charge in [-0.2, -0.15) is 5.10 Å². The lowest BCUT2D eigenvalue weighted by Gasteiger charge is -2.23. The largest absolute Gasteiger partial charge is 0.347 e. The first-order chi connectivity index (χ1) is 10.6. The molecule has 0 aromatic carbocycles. The molecule has 2 aromatic heterocycles. The van der Waals surface area contributed by atoms with Gasteiger partial charge in [0, 0.05) is 24.1 Å². The lowest BCUT2D eigenvalue weighted by atomic mass is 10.2. The molecule has 0 spiro atoms. The molecule has 0 aliphatic heterocycles. The van der Waals surface area contributed by atoms with Crippen molar-refractivity contribution in [2.24, 2.45) is 0 Å². The van der Waals surface area contributed by atoms with Gasteiger partial charge >= 0.3 is 0 Å². The maximum atomic E-state index is 12.6. The SMILES string of the molecule is Cc1cc(C(=O)NC(C)C2(S(C)(=O)=O)CC2)n2nc(C)cc2n1. The molecule has 3 rings (SSSR count). The molecule has 0 radical (unpaired) electrons. The summed E-state index contributed by atoms with van der Waals surface area (Å²) >= 11 is 0. The molecule has 0 bridgehead atoms. The molecule has 2 heterocycles. The molecule has 1 fully saturated rings. The predicted octanol–water partition coefficient (Wildman–Crippen LogP) is 1.04. The van der Waals surface area contributed by atoms with Crippen LogP contribution in [0, 0.1) is 13.8 Å². The van der Waals surface area contributed by atoms with Crippen molar-refractivity contribution in [2.75, 3.05) is 6.26 Å². The van der Waals surface area contributed by atoms with E-state index in [1.54, 1.807) is 26.0 Å². The van der Waals surface area contributed by atoms with Crippen LogP contribution in [0.25, 0.3) is 5.65 Å². The van der Waals surface area contributed by atoms with Crippen LogP contribution >= 0.6 is 0 Å². The van der Waals surface area contributed by atoms with Crippen molar-refractivity contribution in [1.82, 2.24) is 19.9 Å². The van der Waals surface area contributed by atoms with Crippen LogP contribution in [0.4, 0.5) is 0 Å². The summed E-state index contributed by atoms with van der Waals surface area (Å²) in [6.45, 7) is 5.38. The summed E-state index contributed by atoms with van der Waals surface area (Å²) in [7, 11) is -3.21. The minimum absolute atomic E-state index is 0.342. The van der Waals surface area contributed by atoms with E-state index >= 15 is 0 Å². The number of hydrogen-bond donors (Lipinski definition) is 1. The number of aryl methyl sites for hydroxylation is 2. The molecule has 1 atom stereocenters. The lowest BCUT2D eigenvalue weighted by Crippen LogP contribution is -2.46. The Morgan fingerprint density at radius 1 is 1.30 bits per heavy atom. The van der Waals surface area contributed by atoms with Crippen molar-refractivity contribution in [1.29, 1.82) is 0 Å². The number of hydrogen-bond acceptors (Lipinski definition) is 5. The number of fused-ring (bicyclic) bond motifs is 1. The van der Waals surface area contributed by atoms with Crippen LogP contribution in [0.2, 0.25) is 0 Å². The number of rotatable bonds is 4. The molecule has 1 amide bonds. The minimum Gasteiger partial charge on any atom is -0.347 e. The Morgan fingerprint density at radius 3 is 2.52 bits per heavy atom. The molecule has 1 aliphatic carbocycles. The highest BCUT2D eigenvalue weighted by Gasteiger charge is 2.56. The Hall–Kier alpha value is -1.96. The molecule has 7 nitrogen and oxygen atoms in total. The third kappa shape index (κ3) is 2.60. The Labute approximate surface area is 135 Å². The molecular weight excluding hydrogens is 316 g/mol. The first-order valence-corrected chi connectivity index (χ1v) is 9.38. The summed E-state index contributed by atoms with van der Waals surface area (Å²) in [5, 5.41) is 7.11. The normalized spacial score (nSPS) is 17.9. The molecule has 1 unspecified atom stereocenters. The number of carbonyl (C=O) groups excluding carboxylic acids is 1. The van der Waals surface area contributed by atoms with E-state index in [1.807, 2.05) is 6.92 Å². The van der Waals surface area contributed by atoms with Gasteiger partial charge in [-0.05, 0) is 39.7 Å². The fourth-order valence-corrected chi connectivity index (χ4v) is 4.57. The molecule has 1 saturated carbocycles. The molecule has 2 aromatic rings. The molecular formula is C15H20N4O3S. The van der Waals surface area contributed by atoms with Crippen LogP contribution in [0.1, 0.15) is 41.6 Å². The van der Waals surface area contributed by atoms with Gasteiger partial charge in [0.15, 0.2) is 15.5 Å². The second-order valence-electron chi connectivity index (χ2n) is 6.37.